The van der Waals surface area contributed by atoms with Gasteiger partial charge in [-0.2, -0.15) is 5.10 Å². The van der Waals surface area contributed by atoms with Gasteiger partial charge >= 0.3 is 0 Å². The van der Waals surface area contributed by atoms with Crippen LogP contribution in [0.5, 0.6) is 0 Å². The highest BCUT2D eigenvalue weighted by Gasteiger charge is 2.16. The van der Waals surface area contributed by atoms with E-state index in [9.17, 15) is 13.6 Å². The van der Waals surface area contributed by atoms with Gasteiger partial charge < -0.3 is 0 Å². The molecule has 0 atom stereocenters. The van der Waals surface area contributed by atoms with Crippen LogP contribution in [0.1, 0.15) is 16.1 Å². The summed E-state index contributed by atoms with van der Waals surface area (Å²) in [6.45, 7) is 0. The van der Waals surface area contributed by atoms with Crippen LogP contribution in [0, 0.1) is 11.6 Å². The van der Waals surface area contributed by atoms with Crippen LogP contribution in [0.25, 0.3) is 0 Å². The molecule has 0 aliphatic carbocycles. The zero-order valence-electron chi connectivity index (χ0n) is 9.45. The Hall–Kier alpha value is -1.75. The quantitative estimate of drug-likeness (QED) is 0.635. The van der Waals surface area contributed by atoms with Crippen molar-refractivity contribution in [1.29, 1.82) is 0 Å². The van der Waals surface area contributed by atoms with Crippen molar-refractivity contribution >= 4 is 17.4 Å². The summed E-state index contributed by atoms with van der Waals surface area (Å²) in [7, 11) is 1.70. The monoisotopic (exact) mass is 270 g/mol. The molecule has 0 bridgehead atoms. The number of aryl methyl sites for hydroxylation is 1. The van der Waals surface area contributed by atoms with Crippen molar-refractivity contribution in [2.75, 3.05) is 0 Å². The summed E-state index contributed by atoms with van der Waals surface area (Å²) < 4.78 is 28.2. The van der Waals surface area contributed by atoms with E-state index < -0.39 is 17.4 Å². The fourth-order valence-electron chi connectivity index (χ4n) is 1.55. The molecule has 0 radical (unpaired) electrons. The highest BCUT2D eigenvalue weighted by molar-refractivity contribution is 6.30. The first-order chi connectivity index (χ1) is 8.47. The van der Waals surface area contributed by atoms with Crippen molar-refractivity contribution in [2.45, 2.75) is 6.42 Å². The van der Waals surface area contributed by atoms with Crippen molar-refractivity contribution in [3.8, 4) is 0 Å². The molecule has 94 valence electrons. The van der Waals surface area contributed by atoms with Crippen LogP contribution in [-0.2, 0) is 13.5 Å². The summed E-state index contributed by atoms with van der Waals surface area (Å²) >= 11 is 5.41. The second-order valence-corrected chi connectivity index (χ2v) is 4.23. The molecule has 1 heterocycles. The van der Waals surface area contributed by atoms with Gasteiger partial charge in [-0.3, -0.25) is 9.48 Å². The van der Waals surface area contributed by atoms with E-state index in [1.165, 1.54) is 4.68 Å². The molecule has 6 heteroatoms. The zero-order chi connectivity index (χ0) is 13.3. The molecule has 0 aliphatic rings. The van der Waals surface area contributed by atoms with E-state index in [1.807, 2.05) is 0 Å². The number of carbonyl (C=O) groups is 1. The van der Waals surface area contributed by atoms with E-state index in [0.29, 0.717) is 5.69 Å². The van der Waals surface area contributed by atoms with Gasteiger partial charge in [-0.1, -0.05) is 11.6 Å². The van der Waals surface area contributed by atoms with Gasteiger partial charge in [-0.15, -0.1) is 0 Å². The van der Waals surface area contributed by atoms with Crippen LogP contribution < -0.4 is 0 Å². The number of halogens is 3. The number of hydrogen-bond acceptors (Lipinski definition) is 2. The Kier molecular flexibility index (Phi) is 3.43. The van der Waals surface area contributed by atoms with Gasteiger partial charge in [-0.05, 0) is 18.2 Å². The summed E-state index contributed by atoms with van der Waals surface area (Å²) in [4.78, 5) is 11.8. The molecule has 0 unspecified atom stereocenters. The predicted octanol–water partition coefficient (Wildman–Crippen LogP) is 2.78. The molecule has 3 nitrogen and oxygen atoms in total. The summed E-state index contributed by atoms with van der Waals surface area (Å²) in [5, 5.41) is 3.65. The largest absolute Gasteiger partial charge is 0.294 e. The first kappa shape index (κ1) is 12.7. The van der Waals surface area contributed by atoms with E-state index in [0.717, 1.165) is 12.1 Å². The van der Waals surface area contributed by atoms with Crippen LogP contribution in [0.3, 0.4) is 0 Å². The zero-order valence-corrected chi connectivity index (χ0v) is 10.2. The summed E-state index contributed by atoms with van der Waals surface area (Å²) in [5.74, 6) is -2.19. The van der Waals surface area contributed by atoms with Gasteiger partial charge in [0.25, 0.3) is 0 Å². The van der Waals surface area contributed by atoms with E-state index in [4.69, 9.17) is 11.6 Å². The van der Waals surface area contributed by atoms with Crippen molar-refractivity contribution in [1.82, 2.24) is 9.78 Å². The molecule has 2 aromatic rings. The second-order valence-electron chi connectivity index (χ2n) is 3.83. The predicted molar refractivity (Wildman–Crippen MR) is 62.6 cm³/mol. The van der Waals surface area contributed by atoms with E-state index in [-0.39, 0.29) is 17.0 Å². The highest BCUT2D eigenvalue weighted by atomic mass is 35.5. The Morgan fingerprint density at radius 3 is 2.72 bits per heavy atom. The number of nitrogens with zero attached hydrogens (tertiary/aromatic N) is 2. The first-order valence-electron chi connectivity index (χ1n) is 5.13. The summed E-state index contributed by atoms with van der Waals surface area (Å²) in [6, 6.07) is 3.24. The number of benzene rings is 1. The molecule has 0 aliphatic heterocycles. The third-order valence-corrected chi connectivity index (χ3v) is 2.71. The molecule has 0 spiro atoms. The maximum absolute atomic E-state index is 13.5. The lowest BCUT2D eigenvalue weighted by atomic mass is 10.1. The summed E-state index contributed by atoms with van der Waals surface area (Å²) in [6.07, 6.45) is 1.58. The smallest absolute Gasteiger partial charge is 0.171 e. The molecular formula is C12H9ClF2N2O. The maximum atomic E-state index is 13.5. The van der Waals surface area contributed by atoms with Gasteiger partial charge in [0.1, 0.15) is 11.6 Å². The van der Waals surface area contributed by atoms with Crippen LogP contribution in [-0.4, -0.2) is 15.6 Å². The molecule has 0 saturated heterocycles. The molecule has 1 aromatic carbocycles. The van der Waals surface area contributed by atoms with Crippen molar-refractivity contribution in [2.24, 2.45) is 7.05 Å². The minimum absolute atomic E-state index is 0.0845. The van der Waals surface area contributed by atoms with Crippen LogP contribution in [0.2, 0.25) is 5.02 Å². The minimum Gasteiger partial charge on any atom is -0.294 e. The number of Topliss-reactive ketones (excluding diaryl/α,β-unsaturated/α-hetero) is 1. The lowest BCUT2D eigenvalue weighted by molar-refractivity contribution is 0.0987. The van der Waals surface area contributed by atoms with Gasteiger partial charge in [0.2, 0.25) is 0 Å². The first-order valence-corrected chi connectivity index (χ1v) is 5.51. The standard InChI is InChI=1S/C12H9ClF2N2O/c1-17-3-2-7(16-17)4-12(18)8-5-11(15)9(13)6-10(8)14/h2-3,5-6H,4H2,1H3. The highest BCUT2D eigenvalue weighted by Crippen LogP contribution is 2.20. The van der Waals surface area contributed by atoms with Crippen LogP contribution >= 0.6 is 11.6 Å². The molecule has 0 N–H and O–H groups in total. The van der Waals surface area contributed by atoms with E-state index in [1.54, 1.807) is 19.3 Å². The Balaban J connectivity index is 2.26. The molecule has 0 saturated carbocycles. The lowest BCUT2D eigenvalue weighted by Gasteiger charge is -2.03. The SMILES string of the molecule is Cn1ccc(CC(=O)c2cc(F)c(Cl)cc2F)n1. The van der Waals surface area contributed by atoms with Crippen LogP contribution in [0.15, 0.2) is 24.4 Å². The molecule has 0 amide bonds. The molecule has 2 rings (SSSR count). The lowest BCUT2D eigenvalue weighted by Crippen LogP contribution is -2.08. The average Bonchev–Trinajstić information content (AvgIpc) is 2.69. The second kappa shape index (κ2) is 4.86. The van der Waals surface area contributed by atoms with Crippen LogP contribution in [0.4, 0.5) is 8.78 Å². The van der Waals surface area contributed by atoms with Gasteiger partial charge in [0, 0.05) is 13.2 Å². The molecule has 1 aromatic heterocycles. The minimum atomic E-state index is -0.831. The third-order valence-electron chi connectivity index (χ3n) is 2.42. The number of hydrogen-bond donors (Lipinski definition) is 0. The molecule has 0 fully saturated rings. The van der Waals surface area contributed by atoms with Crippen molar-refractivity contribution < 1.29 is 13.6 Å². The number of rotatable bonds is 3. The average molecular weight is 271 g/mol. The van der Waals surface area contributed by atoms with E-state index >= 15 is 0 Å². The number of aromatic nitrogens is 2. The molecular weight excluding hydrogens is 262 g/mol. The third kappa shape index (κ3) is 2.56. The Bertz CT molecular complexity index is 610. The maximum Gasteiger partial charge on any atom is 0.171 e. The Morgan fingerprint density at radius 1 is 1.39 bits per heavy atom. The fraction of sp³-hybridized carbons (Fsp3) is 0.167. The van der Waals surface area contributed by atoms with Gasteiger partial charge in [-0.25, -0.2) is 8.78 Å². The number of carbonyl (C=O) groups excluding carboxylic acids is 1. The van der Waals surface area contributed by atoms with Gasteiger partial charge in [0.05, 0.1) is 22.7 Å². The normalized spacial score (nSPS) is 10.7. The number of ketones is 1. The summed E-state index contributed by atoms with van der Waals surface area (Å²) in [5.41, 5.74) is 0.180. The van der Waals surface area contributed by atoms with Crippen molar-refractivity contribution in [3.05, 3.63) is 52.3 Å². The Labute approximate surface area is 107 Å². The fourth-order valence-corrected chi connectivity index (χ4v) is 1.70. The van der Waals surface area contributed by atoms with E-state index in [2.05, 4.69) is 5.10 Å². The topological polar surface area (TPSA) is 34.9 Å². The van der Waals surface area contributed by atoms with Crippen molar-refractivity contribution in [3.63, 3.8) is 0 Å². The van der Waals surface area contributed by atoms with Gasteiger partial charge in [0.15, 0.2) is 5.78 Å². The molecule has 18 heavy (non-hydrogen) atoms. The Morgan fingerprint density at radius 2 is 2.11 bits per heavy atom.